The average molecular weight is 248 g/mol. The van der Waals surface area contributed by atoms with Crippen molar-refractivity contribution in [3.8, 4) is 6.07 Å². The number of halogens is 1. The quantitative estimate of drug-likeness (QED) is 0.868. The Morgan fingerprint density at radius 1 is 1.11 bits per heavy atom. The van der Waals surface area contributed by atoms with Gasteiger partial charge < -0.3 is 5.32 Å². The molecule has 0 aliphatic rings. The maximum absolute atomic E-state index is 12.9. The van der Waals surface area contributed by atoms with Crippen LogP contribution >= 0.6 is 0 Å². The predicted octanol–water partition coefficient (Wildman–Crippen LogP) is 3.24. The van der Waals surface area contributed by atoms with Crippen LogP contribution in [0.2, 0.25) is 0 Å². The molecule has 1 rings (SSSR count). The molecule has 98 valence electrons. The molecule has 0 atom stereocenters. The van der Waals surface area contributed by atoms with Gasteiger partial charge in [0.25, 0.3) is 0 Å². The lowest BCUT2D eigenvalue weighted by atomic mass is 9.84. The molecule has 1 N–H and O–H groups in total. The van der Waals surface area contributed by atoms with E-state index in [0.717, 1.165) is 12.1 Å². The monoisotopic (exact) mass is 248 g/mol. The van der Waals surface area contributed by atoms with Gasteiger partial charge in [0.05, 0.1) is 11.5 Å². The minimum absolute atomic E-state index is 0.0841. The van der Waals surface area contributed by atoms with E-state index in [-0.39, 0.29) is 16.6 Å². The molecule has 0 amide bonds. The Bertz CT molecular complexity index is 427. The summed E-state index contributed by atoms with van der Waals surface area (Å²) in [5.74, 6) is -0.215. The van der Waals surface area contributed by atoms with E-state index in [1.165, 1.54) is 12.1 Å². The first kappa shape index (κ1) is 14.7. The van der Waals surface area contributed by atoms with E-state index in [9.17, 15) is 4.39 Å². The highest BCUT2D eigenvalue weighted by Gasteiger charge is 2.22. The molecule has 18 heavy (non-hydrogen) atoms. The topological polar surface area (TPSA) is 35.8 Å². The molecule has 0 spiro atoms. The highest BCUT2D eigenvalue weighted by molar-refractivity contribution is 5.24. The molecule has 0 unspecified atom stereocenters. The Hall–Kier alpha value is -1.40. The molecule has 1 aromatic rings. The molecule has 0 bridgehead atoms. The first-order chi connectivity index (χ1) is 8.27. The zero-order valence-electron chi connectivity index (χ0n) is 11.5. The predicted molar refractivity (Wildman–Crippen MR) is 71.7 cm³/mol. The van der Waals surface area contributed by atoms with Crippen molar-refractivity contribution in [3.63, 3.8) is 0 Å². The van der Waals surface area contributed by atoms with Gasteiger partial charge in [-0.15, -0.1) is 0 Å². The lowest BCUT2D eigenvalue weighted by Crippen LogP contribution is -2.37. The van der Waals surface area contributed by atoms with Crippen molar-refractivity contribution in [2.24, 2.45) is 5.41 Å². The zero-order chi connectivity index (χ0) is 13.8. The van der Waals surface area contributed by atoms with Crippen LogP contribution in [0, 0.1) is 22.6 Å². The summed E-state index contributed by atoms with van der Waals surface area (Å²) in [6.07, 6.45) is 0. The van der Waals surface area contributed by atoms with Crippen LogP contribution in [-0.2, 0) is 5.41 Å². The molecule has 2 nitrogen and oxygen atoms in total. The van der Waals surface area contributed by atoms with E-state index >= 15 is 0 Å². The minimum Gasteiger partial charge on any atom is -0.314 e. The van der Waals surface area contributed by atoms with Crippen LogP contribution in [-0.4, -0.2) is 13.1 Å². The van der Waals surface area contributed by atoms with Crippen molar-refractivity contribution < 1.29 is 4.39 Å². The number of rotatable bonds is 5. The van der Waals surface area contributed by atoms with E-state index in [1.807, 2.05) is 26.0 Å². The largest absolute Gasteiger partial charge is 0.314 e. The van der Waals surface area contributed by atoms with Gasteiger partial charge in [-0.25, -0.2) is 4.39 Å². The molecule has 0 radical (unpaired) electrons. The molecule has 0 aliphatic heterocycles. The van der Waals surface area contributed by atoms with Gasteiger partial charge in [-0.05, 0) is 31.5 Å². The maximum atomic E-state index is 12.9. The van der Waals surface area contributed by atoms with Crippen LogP contribution < -0.4 is 5.32 Å². The van der Waals surface area contributed by atoms with Crippen molar-refractivity contribution in [2.75, 3.05) is 13.1 Å². The molecule has 0 heterocycles. The van der Waals surface area contributed by atoms with Crippen molar-refractivity contribution in [1.82, 2.24) is 5.32 Å². The highest BCUT2D eigenvalue weighted by atomic mass is 19.1. The smallest absolute Gasteiger partial charge is 0.123 e. The molecule has 0 saturated heterocycles. The SMILES string of the molecule is CC(C)(C#N)CNCC(C)(C)c1ccc(F)cc1. The van der Waals surface area contributed by atoms with Crippen LogP contribution in [0.4, 0.5) is 4.39 Å². The normalized spacial score (nSPS) is 12.2. The van der Waals surface area contributed by atoms with Gasteiger partial charge in [0.2, 0.25) is 0 Å². The van der Waals surface area contributed by atoms with Gasteiger partial charge in [0.1, 0.15) is 5.82 Å². The van der Waals surface area contributed by atoms with Crippen LogP contribution in [0.25, 0.3) is 0 Å². The zero-order valence-corrected chi connectivity index (χ0v) is 11.5. The lowest BCUT2D eigenvalue weighted by Gasteiger charge is -2.27. The van der Waals surface area contributed by atoms with E-state index in [0.29, 0.717) is 6.54 Å². The summed E-state index contributed by atoms with van der Waals surface area (Å²) in [5.41, 5.74) is 0.643. The van der Waals surface area contributed by atoms with Crippen molar-refractivity contribution in [1.29, 1.82) is 5.26 Å². The molecule has 0 fully saturated rings. The third kappa shape index (κ3) is 4.12. The van der Waals surface area contributed by atoms with Gasteiger partial charge in [-0.2, -0.15) is 5.26 Å². The van der Waals surface area contributed by atoms with Gasteiger partial charge >= 0.3 is 0 Å². The van der Waals surface area contributed by atoms with Crippen LogP contribution in [0.15, 0.2) is 24.3 Å². The molecular weight excluding hydrogens is 227 g/mol. The average Bonchev–Trinajstić information content (AvgIpc) is 2.29. The molecule has 1 aromatic carbocycles. The minimum atomic E-state index is -0.362. The van der Waals surface area contributed by atoms with Crippen LogP contribution in [0.1, 0.15) is 33.3 Å². The van der Waals surface area contributed by atoms with Gasteiger partial charge in [-0.1, -0.05) is 26.0 Å². The Labute approximate surface area is 109 Å². The number of hydrogen-bond donors (Lipinski definition) is 1. The van der Waals surface area contributed by atoms with Crippen molar-refractivity contribution in [3.05, 3.63) is 35.6 Å². The number of nitrogens with one attached hydrogen (secondary N) is 1. The molecular formula is C15H21FN2. The number of benzene rings is 1. The highest BCUT2D eigenvalue weighted by Crippen LogP contribution is 2.23. The first-order valence-electron chi connectivity index (χ1n) is 6.15. The Morgan fingerprint density at radius 3 is 2.17 bits per heavy atom. The van der Waals surface area contributed by atoms with Gasteiger partial charge in [0.15, 0.2) is 0 Å². The fourth-order valence-corrected chi connectivity index (χ4v) is 1.73. The Morgan fingerprint density at radius 2 is 1.67 bits per heavy atom. The van der Waals surface area contributed by atoms with E-state index in [1.54, 1.807) is 0 Å². The van der Waals surface area contributed by atoms with Crippen LogP contribution in [0.5, 0.6) is 0 Å². The molecule has 0 aromatic heterocycles. The summed E-state index contributed by atoms with van der Waals surface area (Å²) in [5, 5.41) is 12.3. The number of nitriles is 1. The summed E-state index contributed by atoms with van der Waals surface area (Å²) < 4.78 is 12.9. The van der Waals surface area contributed by atoms with Gasteiger partial charge in [0, 0.05) is 18.5 Å². The lowest BCUT2D eigenvalue weighted by molar-refractivity contribution is 0.397. The molecule has 0 saturated carbocycles. The maximum Gasteiger partial charge on any atom is 0.123 e. The molecule has 3 heteroatoms. The second-order valence-electron chi connectivity index (χ2n) is 5.99. The fraction of sp³-hybridized carbons (Fsp3) is 0.533. The second kappa shape index (κ2) is 5.49. The number of nitrogens with zero attached hydrogens (tertiary/aromatic N) is 1. The number of hydrogen-bond acceptors (Lipinski definition) is 2. The van der Waals surface area contributed by atoms with Crippen molar-refractivity contribution in [2.45, 2.75) is 33.1 Å². The van der Waals surface area contributed by atoms with E-state index in [4.69, 9.17) is 5.26 Å². The summed E-state index contributed by atoms with van der Waals surface area (Å²) in [4.78, 5) is 0. The molecule has 0 aliphatic carbocycles. The van der Waals surface area contributed by atoms with Crippen molar-refractivity contribution >= 4 is 0 Å². The Kier molecular flexibility index (Phi) is 4.48. The first-order valence-corrected chi connectivity index (χ1v) is 6.15. The third-order valence-corrected chi connectivity index (χ3v) is 3.06. The Balaban J connectivity index is 2.60. The summed E-state index contributed by atoms with van der Waals surface area (Å²) in [7, 11) is 0. The fourth-order valence-electron chi connectivity index (χ4n) is 1.73. The summed E-state index contributed by atoms with van der Waals surface area (Å²) >= 11 is 0. The van der Waals surface area contributed by atoms with E-state index < -0.39 is 0 Å². The van der Waals surface area contributed by atoms with Gasteiger partial charge in [-0.3, -0.25) is 0 Å². The summed E-state index contributed by atoms with van der Waals surface area (Å²) in [6.45, 7) is 9.42. The third-order valence-electron chi connectivity index (χ3n) is 3.06. The van der Waals surface area contributed by atoms with E-state index in [2.05, 4.69) is 25.2 Å². The summed E-state index contributed by atoms with van der Waals surface area (Å²) in [6, 6.07) is 8.85. The van der Waals surface area contributed by atoms with Crippen LogP contribution in [0.3, 0.4) is 0 Å². The standard InChI is InChI=1S/C15H21FN2/c1-14(2,9-17)10-18-11-15(3,4)12-5-7-13(16)8-6-12/h5-8,18H,10-11H2,1-4H3. The second-order valence-corrected chi connectivity index (χ2v) is 5.99.